The molecule has 2 heterocycles. The molecule has 1 aliphatic rings. The zero-order valence-electron chi connectivity index (χ0n) is 8.75. The van der Waals surface area contributed by atoms with Gasteiger partial charge in [0.1, 0.15) is 5.76 Å². The van der Waals surface area contributed by atoms with Gasteiger partial charge in [-0.25, -0.2) is 4.98 Å². The highest BCUT2D eigenvalue weighted by Crippen LogP contribution is 2.24. The molecule has 1 saturated heterocycles. The number of rotatable bonds is 3. The van der Waals surface area contributed by atoms with Gasteiger partial charge in [-0.2, -0.15) is 0 Å². The second-order valence-electron chi connectivity index (χ2n) is 3.94. The quantitative estimate of drug-likeness (QED) is 0.800. The number of nitrogens with one attached hydrogen (secondary N) is 1. The lowest BCUT2D eigenvalue weighted by atomic mass is 9.98. The molecule has 0 spiro atoms. The summed E-state index contributed by atoms with van der Waals surface area (Å²) in [5.41, 5.74) is 0. The number of nitrogens with zero attached hydrogens (tertiary/aromatic N) is 1. The number of aryl methyl sites for hydroxylation is 1. The lowest BCUT2D eigenvalue weighted by Gasteiger charge is -2.19. The first-order valence-electron chi connectivity index (χ1n) is 5.55. The van der Waals surface area contributed by atoms with Crippen LogP contribution in [0, 0.1) is 0 Å². The highest BCUT2D eigenvalue weighted by molar-refractivity contribution is 5.00. The second kappa shape index (κ2) is 4.60. The van der Waals surface area contributed by atoms with Crippen molar-refractivity contribution in [3.63, 3.8) is 0 Å². The van der Waals surface area contributed by atoms with Crippen LogP contribution in [0.15, 0.2) is 10.6 Å². The van der Waals surface area contributed by atoms with E-state index in [4.69, 9.17) is 4.42 Å². The molecule has 1 aliphatic heterocycles. The standard InChI is InChI=1S/C11H18N2O/c1-2-3-10-8-13-11(14-10)9-4-6-12-7-5-9/h8-9,12H,2-7H2,1H3. The molecule has 0 amide bonds. The van der Waals surface area contributed by atoms with Crippen LogP contribution in [-0.2, 0) is 6.42 Å². The first-order chi connectivity index (χ1) is 6.90. The Balaban J connectivity index is 2.00. The Kier molecular flexibility index (Phi) is 3.19. The minimum absolute atomic E-state index is 0.543. The van der Waals surface area contributed by atoms with Gasteiger partial charge in [0.25, 0.3) is 0 Å². The highest BCUT2D eigenvalue weighted by atomic mass is 16.4. The number of hydrogen-bond donors (Lipinski definition) is 1. The van der Waals surface area contributed by atoms with Gasteiger partial charge in [-0.1, -0.05) is 6.92 Å². The van der Waals surface area contributed by atoms with Crippen molar-refractivity contribution in [2.75, 3.05) is 13.1 Å². The van der Waals surface area contributed by atoms with Crippen molar-refractivity contribution in [3.05, 3.63) is 17.8 Å². The van der Waals surface area contributed by atoms with Crippen LogP contribution in [0.4, 0.5) is 0 Å². The summed E-state index contributed by atoms with van der Waals surface area (Å²) < 4.78 is 5.72. The Morgan fingerprint density at radius 2 is 2.29 bits per heavy atom. The summed E-state index contributed by atoms with van der Waals surface area (Å²) in [6.07, 6.45) is 6.35. The lowest BCUT2D eigenvalue weighted by Crippen LogP contribution is -2.26. The fourth-order valence-corrected chi connectivity index (χ4v) is 1.94. The Morgan fingerprint density at radius 3 is 3.00 bits per heavy atom. The van der Waals surface area contributed by atoms with Gasteiger partial charge in [0.15, 0.2) is 5.89 Å². The van der Waals surface area contributed by atoms with Crippen LogP contribution < -0.4 is 5.32 Å². The van der Waals surface area contributed by atoms with E-state index in [9.17, 15) is 0 Å². The van der Waals surface area contributed by atoms with Crippen molar-refractivity contribution in [2.45, 2.75) is 38.5 Å². The summed E-state index contributed by atoms with van der Waals surface area (Å²) in [5, 5.41) is 3.35. The first kappa shape index (κ1) is 9.71. The van der Waals surface area contributed by atoms with Gasteiger partial charge in [0.2, 0.25) is 0 Å². The van der Waals surface area contributed by atoms with Crippen molar-refractivity contribution in [3.8, 4) is 0 Å². The zero-order chi connectivity index (χ0) is 9.80. The summed E-state index contributed by atoms with van der Waals surface area (Å²) >= 11 is 0. The molecule has 0 radical (unpaired) electrons. The van der Waals surface area contributed by atoms with Crippen LogP contribution >= 0.6 is 0 Å². The molecule has 0 atom stereocenters. The van der Waals surface area contributed by atoms with Crippen LogP contribution in [0.1, 0.15) is 43.8 Å². The largest absolute Gasteiger partial charge is 0.445 e. The van der Waals surface area contributed by atoms with Crippen molar-refractivity contribution in [1.29, 1.82) is 0 Å². The van der Waals surface area contributed by atoms with Crippen molar-refractivity contribution in [2.24, 2.45) is 0 Å². The van der Waals surface area contributed by atoms with Gasteiger partial charge < -0.3 is 9.73 Å². The monoisotopic (exact) mass is 194 g/mol. The highest BCUT2D eigenvalue weighted by Gasteiger charge is 2.19. The minimum Gasteiger partial charge on any atom is -0.445 e. The van der Waals surface area contributed by atoms with Gasteiger partial charge in [-0.05, 0) is 32.4 Å². The maximum atomic E-state index is 5.72. The van der Waals surface area contributed by atoms with Crippen LogP contribution in [0.3, 0.4) is 0 Å². The summed E-state index contributed by atoms with van der Waals surface area (Å²) in [7, 11) is 0. The molecule has 0 aliphatic carbocycles. The zero-order valence-corrected chi connectivity index (χ0v) is 8.75. The average Bonchev–Trinajstić information content (AvgIpc) is 2.68. The molecule has 78 valence electrons. The fourth-order valence-electron chi connectivity index (χ4n) is 1.94. The smallest absolute Gasteiger partial charge is 0.197 e. The van der Waals surface area contributed by atoms with Crippen LogP contribution in [0.25, 0.3) is 0 Å². The van der Waals surface area contributed by atoms with E-state index in [1.165, 1.54) is 0 Å². The van der Waals surface area contributed by atoms with Crippen LogP contribution in [-0.4, -0.2) is 18.1 Å². The number of piperidine rings is 1. The summed E-state index contributed by atoms with van der Waals surface area (Å²) in [6, 6.07) is 0. The topological polar surface area (TPSA) is 38.1 Å². The third-order valence-electron chi connectivity index (χ3n) is 2.76. The SMILES string of the molecule is CCCc1cnc(C2CCNCC2)o1. The van der Waals surface area contributed by atoms with E-state index >= 15 is 0 Å². The second-order valence-corrected chi connectivity index (χ2v) is 3.94. The molecule has 0 saturated carbocycles. The number of oxazole rings is 1. The van der Waals surface area contributed by atoms with Crippen molar-refractivity contribution >= 4 is 0 Å². The summed E-state index contributed by atoms with van der Waals surface area (Å²) in [6.45, 7) is 4.35. The lowest BCUT2D eigenvalue weighted by molar-refractivity contribution is 0.360. The maximum absolute atomic E-state index is 5.72. The molecule has 0 aromatic carbocycles. The molecule has 1 aromatic rings. The van der Waals surface area contributed by atoms with E-state index in [0.29, 0.717) is 5.92 Å². The third kappa shape index (κ3) is 2.15. The number of aromatic nitrogens is 1. The molecule has 3 nitrogen and oxygen atoms in total. The molecule has 0 unspecified atom stereocenters. The van der Waals surface area contributed by atoms with E-state index in [0.717, 1.165) is 50.4 Å². The van der Waals surface area contributed by atoms with Crippen LogP contribution in [0.2, 0.25) is 0 Å². The Labute approximate surface area is 84.9 Å². The van der Waals surface area contributed by atoms with Gasteiger partial charge in [0, 0.05) is 12.3 Å². The van der Waals surface area contributed by atoms with Crippen molar-refractivity contribution in [1.82, 2.24) is 10.3 Å². The first-order valence-corrected chi connectivity index (χ1v) is 5.55. The molecule has 2 rings (SSSR count). The van der Waals surface area contributed by atoms with E-state index in [2.05, 4.69) is 17.2 Å². The van der Waals surface area contributed by atoms with Gasteiger partial charge in [-0.15, -0.1) is 0 Å². The van der Waals surface area contributed by atoms with Gasteiger partial charge >= 0.3 is 0 Å². The van der Waals surface area contributed by atoms with E-state index < -0.39 is 0 Å². The fraction of sp³-hybridized carbons (Fsp3) is 0.727. The van der Waals surface area contributed by atoms with E-state index in [1.54, 1.807) is 0 Å². The summed E-state index contributed by atoms with van der Waals surface area (Å²) in [5.74, 6) is 2.54. The van der Waals surface area contributed by atoms with Crippen molar-refractivity contribution < 1.29 is 4.42 Å². The van der Waals surface area contributed by atoms with Crippen LogP contribution in [0.5, 0.6) is 0 Å². The molecule has 14 heavy (non-hydrogen) atoms. The molecule has 1 aromatic heterocycles. The van der Waals surface area contributed by atoms with Gasteiger partial charge in [0.05, 0.1) is 6.20 Å². The predicted octanol–water partition coefficient (Wildman–Crippen LogP) is 2.09. The predicted molar refractivity (Wildman–Crippen MR) is 55.3 cm³/mol. The average molecular weight is 194 g/mol. The number of hydrogen-bond acceptors (Lipinski definition) is 3. The summed E-state index contributed by atoms with van der Waals surface area (Å²) in [4.78, 5) is 4.36. The molecule has 0 bridgehead atoms. The Morgan fingerprint density at radius 1 is 1.50 bits per heavy atom. The third-order valence-corrected chi connectivity index (χ3v) is 2.76. The minimum atomic E-state index is 0.543. The van der Waals surface area contributed by atoms with E-state index in [1.807, 2.05) is 6.20 Å². The molecule has 3 heteroatoms. The molecular formula is C11H18N2O. The Hall–Kier alpha value is -0.830. The Bertz CT molecular complexity index is 277. The molecular weight excluding hydrogens is 176 g/mol. The van der Waals surface area contributed by atoms with E-state index in [-0.39, 0.29) is 0 Å². The molecule has 1 fully saturated rings. The maximum Gasteiger partial charge on any atom is 0.197 e. The van der Waals surface area contributed by atoms with Gasteiger partial charge in [-0.3, -0.25) is 0 Å². The normalized spacial score (nSPS) is 18.6. The molecule has 1 N–H and O–H groups in total.